The number of carbonyl (C=O) groups is 2. The summed E-state index contributed by atoms with van der Waals surface area (Å²) in [4.78, 5) is 26.6. The van der Waals surface area contributed by atoms with Crippen molar-refractivity contribution >= 4 is 23.2 Å². The zero-order valence-corrected chi connectivity index (χ0v) is 18.4. The molecular formula is C25H25NO4S. The van der Waals surface area contributed by atoms with Crippen molar-refractivity contribution in [2.45, 2.75) is 39.3 Å². The minimum Gasteiger partial charge on any atom is -0.478 e. The van der Waals surface area contributed by atoms with Crippen LogP contribution in [0, 0.1) is 6.92 Å². The molecule has 3 aromatic rings. The van der Waals surface area contributed by atoms with Crippen LogP contribution >= 0.6 is 11.3 Å². The van der Waals surface area contributed by atoms with Gasteiger partial charge < -0.3 is 15.2 Å². The Morgan fingerprint density at radius 3 is 2.52 bits per heavy atom. The molecular weight excluding hydrogens is 410 g/mol. The zero-order valence-electron chi connectivity index (χ0n) is 17.6. The quantitative estimate of drug-likeness (QED) is 0.577. The van der Waals surface area contributed by atoms with E-state index in [1.807, 2.05) is 6.92 Å². The van der Waals surface area contributed by atoms with E-state index in [9.17, 15) is 9.59 Å². The van der Waals surface area contributed by atoms with E-state index in [0.29, 0.717) is 19.6 Å². The summed E-state index contributed by atoms with van der Waals surface area (Å²) in [6.45, 7) is 5.16. The predicted octanol–water partition coefficient (Wildman–Crippen LogP) is 4.91. The highest BCUT2D eigenvalue weighted by Gasteiger charge is 2.26. The van der Waals surface area contributed by atoms with Crippen molar-refractivity contribution in [2.75, 3.05) is 6.61 Å². The first-order valence-electron chi connectivity index (χ1n) is 10.3. The fraction of sp³-hybridized carbons (Fsp3) is 0.280. The van der Waals surface area contributed by atoms with Crippen LogP contribution in [-0.4, -0.2) is 23.6 Å². The number of nitrogens with one attached hydrogen (secondary N) is 1. The number of fused-ring (bicyclic) bond motifs is 1. The van der Waals surface area contributed by atoms with Gasteiger partial charge in [0.1, 0.15) is 0 Å². The summed E-state index contributed by atoms with van der Waals surface area (Å²) >= 11 is 1.67. The first kappa shape index (κ1) is 21.3. The van der Waals surface area contributed by atoms with E-state index in [1.165, 1.54) is 11.1 Å². The Morgan fingerprint density at radius 2 is 1.84 bits per heavy atom. The SMILES string of the molecule is Cc1ccc(Cc2sc3c(c2C(=O)N[C@@H](C)c2ccc(C(=O)O)cc2)CCOC3)cc1. The van der Waals surface area contributed by atoms with Gasteiger partial charge in [-0.15, -0.1) is 11.3 Å². The fourth-order valence-corrected chi connectivity index (χ4v) is 5.16. The van der Waals surface area contributed by atoms with Crippen LogP contribution in [0.25, 0.3) is 0 Å². The maximum absolute atomic E-state index is 13.4. The highest BCUT2D eigenvalue weighted by Crippen LogP contribution is 2.34. The Hall–Kier alpha value is -2.96. The number of carbonyl (C=O) groups excluding carboxylic acids is 1. The number of hydrogen-bond donors (Lipinski definition) is 2. The average Bonchev–Trinajstić information content (AvgIpc) is 3.13. The van der Waals surface area contributed by atoms with Crippen LogP contribution in [0.3, 0.4) is 0 Å². The van der Waals surface area contributed by atoms with Gasteiger partial charge in [-0.2, -0.15) is 0 Å². The molecule has 2 aromatic carbocycles. The number of hydrogen-bond acceptors (Lipinski definition) is 4. The van der Waals surface area contributed by atoms with Crippen LogP contribution in [0.15, 0.2) is 48.5 Å². The zero-order chi connectivity index (χ0) is 22.0. The molecule has 1 aromatic heterocycles. The first-order valence-corrected chi connectivity index (χ1v) is 11.1. The lowest BCUT2D eigenvalue weighted by Crippen LogP contribution is -2.28. The predicted molar refractivity (Wildman–Crippen MR) is 121 cm³/mol. The van der Waals surface area contributed by atoms with E-state index in [4.69, 9.17) is 9.84 Å². The molecule has 6 heteroatoms. The summed E-state index contributed by atoms with van der Waals surface area (Å²) in [5.74, 6) is -1.05. The molecule has 1 atom stereocenters. The largest absolute Gasteiger partial charge is 0.478 e. The van der Waals surface area contributed by atoms with E-state index < -0.39 is 5.97 Å². The van der Waals surface area contributed by atoms with Gasteiger partial charge >= 0.3 is 5.97 Å². The minimum absolute atomic E-state index is 0.0867. The molecule has 160 valence electrons. The molecule has 0 bridgehead atoms. The Kier molecular flexibility index (Phi) is 6.20. The number of aryl methyl sites for hydroxylation is 1. The monoisotopic (exact) mass is 435 g/mol. The highest BCUT2D eigenvalue weighted by atomic mass is 32.1. The smallest absolute Gasteiger partial charge is 0.335 e. The molecule has 0 spiro atoms. The van der Waals surface area contributed by atoms with Crippen molar-refractivity contribution in [2.24, 2.45) is 0 Å². The molecule has 4 rings (SSSR count). The van der Waals surface area contributed by atoms with E-state index in [0.717, 1.165) is 32.9 Å². The van der Waals surface area contributed by atoms with Crippen molar-refractivity contribution < 1.29 is 19.4 Å². The van der Waals surface area contributed by atoms with E-state index in [2.05, 4.69) is 36.5 Å². The Bertz CT molecular complexity index is 1100. The van der Waals surface area contributed by atoms with Gasteiger partial charge in [0.15, 0.2) is 0 Å². The van der Waals surface area contributed by atoms with E-state index in [-0.39, 0.29) is 17.5 Å². The normalized spacial score (nSPS) is 14.0. The molecule has 0 aliphatic carbocycles. The molecule has 0 unspecified atom stereocenters. The Balaban J connectivity index is 1.59. The summed E-state index contributed by atoms with van der Waals surface area (Å²) in [5, 5.41) is 12.2. The number of carboxylic acids is 1. The van der Waals surface area contributed by atoms with Crippen molar-refractivity contribution in [1.29, 1.82) is 0 Å². The fourth-order valence-electron chi connectivity index (χ4n) is 3.84. The van der Waals surface area contributed by atoms with Gasteiger partial charge in [-0.1, -0.05) is 42.0 Å². The van der Waals surface area contributed by atoms with Gasteiger partial charge in [0, 0.05) is 16.2 Å². The number of amides is 1. The lowest BCUT2D eigenvalue weighted by molar-refractivity contribution is 0.0696. The number of ether oxygens (including phenoxy) is 1. The van der Waals surface area contributed by atoms with Crippen LogP contribution < -0.4 is 5.32 Å². The summed E-state index contributed by atoms with van der Waals surface area (Å²) in [6.07, 6.45) is 1.45. The molecule has 1 amide bonds. The molecule has 2 heterocycles. The second-order valence-electron chi connectivity index (χ2n) is 7.89. The molecule has 0 fully saturated rings. The van der Waals surface area contributed by atoms with Gasteiger partial charge in [0.25, 0.3) is 5.91 Å². The lowest BCUT2D eigenvalue weighted by Gasteiger charge is -2.17. The molecule has 2 N–H and O–H groups in total. The number of thiophene rings is 1. The van der Waals surface area contributed by atoms with Crippen molar-refractivity contribution in [1.82, 2.24) is 5.32 Å². The summed E-state index contributed by atoms with van der Waals surface area (Å²) in [7, 11) is 0. The molecule has 0 saturated heterocycles. The second-order valence-corrected chi connectivity index (χ2v) is 9.08. The number of rotatable bonds is 6. The van der Waals surface area contributed by atoms with Crippen LogP contribution in [0.5, 0.6) is 0 Å². The lowest BCUT2D eigenvalue weighted by atomic mass is 9.99. The molecule has 1 aliphatic heterocycles. The van der Waals surface area contributed by atoms with Crippen LogP contribution in [0.1, 0.15) is 65.7 Å². The summed E-state index contributed by atoms with van der Waals surface area (Å²) < 4.78 is 5.62. The van der Waals surface area contributed by atoms with Gasteiger partial charge in [-0.25, -0.2) is 4.79 Å². The molecule has 0 radical (unpaired) electrons. The molecule has 31 heavy (non-hydrogen) atoms. The van der Waals surface area contributed by atoms with Crippen molar-refractivity contribution in [3.05, 3.63) is 91.7 Å². The van der Waals surface area contributed by atoms with Crippen molar-refractivity contribution in [3.8, 4) is 0 Å². The van der Waals surface area contributed by atoms with Crippen LogP contribution in [0.4, 0.5) is 0 Å². The maximum Gasteiger partial charge on any atom is 0.335 e. The molecule has 1 aliphatic rings. The Labute approximate surface area is 185 Å². The third-order valence-electron chi connectivity index (χ3n) is 5.61. The molecule has 0 saturated carbocycles. The van der Waals surface area contributed by atoms with Crippen molar-refractivity contribution in [3.63, 3.8) is 0 Å². The topological polar surface area (TPSA) is 75.6 Å². The number of aromatic carboxylic acids is 1. The summed E-state index contributed by atoms with van der Waals surface area (Å²) in [6, 6.07) is 14.8. The first-order chi connectivity index (χ1) is 14.9. The maximum atomic E-state index is 13.4. The summed E-state index contributed by atoms with van der Waals surface area (Å²) in [5.41, 5.74) is 5.36. The third kappa shape index (κ3) is 4.70. The third-order valence-corrected chi connectivity index (χ3v) is 6.82. The number of benzene rings is 2. The van der Waals surface area contributed by atoms with E-state index >= 15 is 0 Å². The van der Waals surface area contributed by atoms with E-state index in [1.54, 1.807) is 35.6 Å². The van der Waals surface area contributed by atoms with Gasteiger partial charge in [-0.3, -0.25) is 4.79 Å². The Morgan fingerprint density at radius 1 is 1.13 bits per heavy atom. The number of carboxylic acid groups (broad SMARTS) is 1. The standard InChI is InChI=1S/C25H25NO4S/c1-15-3-5-17(6-4-15)13-21-23(20-11-12-30-14-22(20)31-21)24(27)26-16(2)18-7-9-19(10-8-18)25(28)29/h3-10,16H,11-14H2,1-2H3,(H,26,27)(H,28,29)/t16-/m0/s1. The second kappa shape index (κ2) is 9.04. The van der Waals surface area contributed by atoms with Gasteiger partial charge in [-0.05, 0) is 49.1 Å². The van der Waals surface area contributed by atoms with Gasteiger partial charge in [0.05, 0.1) is 30.4 Å². The van der Waals surface area contributed by atoms with Crippen LogP contribution in [-0.2, 0) is 24.2 Å². The van der Waals surface area contributed by atoms with Crippen LogP contribution in [0.2, 0.25) is 0 Å². The average molecular weight is 436 g/mol. The minimum atomic E-state index is -0.962. The van der Waals surface area contributed by atoms with Gasteiger partial charge in [0.2, 0.25) is 0 Å². The highest BCUT2D eigenvalue weighted by molar-refractivity contribution is 7.12. The molecule has 5 nitrogen and oxygen atoms in total.